The number of hydrogen-bond acceptors (Lipinski definition) is 5. The molecule has 2 atom stereocenters. The Balaban J connectivity index is 1.45. The van der Waals surface area contributed by atoms with Gasteiger partial charge in [0.15, 0.2) is 0 Å². The summed E-state index contributed by atoms with van der Waals surface area (Å²) in [5, 5.41) is 10.0. The fourth-order valence-electron chi connectivity index (χ4n) is 3.82. The number of aryl methyl sites for hydroxylation is 1. The average Bonchev–Trinajstić information content (AvgIpc) is 3.50. The molecule has 0 fully saturated rings. The highest BCUT2D eigenvalue weighted by molar-refractivity contribution is 7.14. The Morgan fingerprint density at radius 3 is 2.96 bits per heavy atom. The van der Waals surface area contributed by atoms with E-state index in [4.69, 9.17) is 0 Å². The molecular formula is C21H18N4OS2. The lowest BCUT2D eigenvalue weighted by Gasteiger charge is -2.34. The van der Waals surface area contributed by atoms with E-state index in [0.717, 1.165) is 23.4 Å². The Morgan fingerprint density at radius 2 is 2.14 bits per heavy atom. The predicted molar refractivity (Wildman–Crippen MR) is 112 cm³/mol. The molecule has 4 aromatic rings. The lowest BCUT2D eigenvalue weighted by atomic mass is 9.83. The van der Waals surface area contributed by atoms with E-state index in [1.54, 1.807) is 17.5 Å². The molecule has 0 saturated carbocycles. The Labute approximate surface area is 170 Å². The van der Waals surface area contributed by atoms with Crippen molar-refractivity contribution in [3.63, 3.8) is 0 Å². The van der Waals surface area contributed by atoms with Gasteiger partial charge in [-0.25, -0.2) is 9.97 Å². The van der Waals surface area contributed by atoms with E-state index in [1.807, 2.05) is 40.8 Å². The monoisotopic (exact) mass is 406 g/mol. The highest BCUT2D eigenvalue weighted by Crippen LogP contribution is 2.38. The second-order valence-corrected chi connectivity index (χ2v) is 8.45. The molecule has 0 radical (unpaired) electrons. The summed E-state index contributed by atoms with van der Waals surface area (Å²) in [7, 11) is 0. The van der Waals surface area contributed by atoms with Crippen LogP contribution in [0.5, 0.6) is 0 Å². The third kappa shape index (κ3) is 3.16. The van der Waals surface area contributed by atoms with Gasteiger partial charge in [0.1, 0.15) is 10.7 Å². The van der Waals surface area contributed by atoms with E-state index in [2.05, 4.69) is 38.1 Å². The van der Waals surface area contributed by atoms with E-state index >= 15 is 0 Å². The molecule has 0 unspecified atom stereocenters. The minimum atomic E-state index is -0.135. The van der Waals surface area contributed by atoms with Crippen molar-refractivity contribution < 1.29 is 4.79 Å². The molecule has 140 valence electrons. The number of rotatable bonds is 4. The topological polar surface area (TPSA) is 59.8 Å². The molecule has 1 amide bonds. The summed E-state index contributed by atoms with van der Waals surface area (Å²) in [6.07, 6.45) is 7.53. The van der Waals surface area contributed by atoms with Crippen LogP contribution in [0.2, 0.25) is 0 Å². The van der Waals surface area contributed by atoms with Crippen LogP contribution in [0.15, 0.2) is 65.2 Å². The molecule has 0 spiro atoms. The number of benzene rings is 1. The van der Waals surface area contributed by atoms with E-state index < -0.39 is 0 Å². The van der Waals surface area contributed by atoms with Gasteiger partial charge in [0, 0.05) is 28.7 Å². The predicted octanol–water partition coefficient (Wildman–Crippen LogP) is 4.73. The first-order valence-electron chi connectivity index (χ1n) is 9.14. The third-order valence-electron chi connectivity index (χ3n) is 5.18. The normalized spacial score (nSPS) is 18.6. The molecule has 28 heavy (non-hydrogen) atoms. The Bertz CT molecular complexity index is 1090. The van der Waals surface area contributed by atoms with Gasteiger partial charge in [0.2, 0.25) is 0 Å². The van der Waals surface area contributed by atoms with Crippen molar-refractivity contribution in [2.24, 2.45) is 0 Å². The summed E-state index contributed by atoms with van der Waals surface area (Å²) in [6, 6.07) is 10.4. The summed E-state index contributed by atoms with van der Waals surface area (Å²) in [6.45, 7) is 0. The zero-order chi connectivity index (χ0) is 18.9. The largest absolute Gasteiger partial charge is 0.342 e. The Morgan fingerprint density at radius 1 is 1.21 bits per heavy atom. The minimum absolute atomic E-state index is 0.113. The molecule has 1 aliphatic rings. The van der Waals surface area contributed by atoms with Crippen LogP contribution < -0.4 is 5.32 Å². The van der Waals surface area contributed by atoms with Crippen molar-refractivity contribution >= 4 is 28.6 Å². The van der Waals surface area contributed by atoms with Crippen molar-refractivity contribution in [1.29, 1.82) is 0 Å². The molecule has 3 aromatic heterocycles. The maximum Gasteiger partial charge on any atom is 0.271 e. The van der Waals surface area contributed by atoms with Gasteiger partial charge in [-0.1, -0.05) is 24.3 Å². The van der Waals surface area contributed by atoms with Gasteiger partial charge >= 0.3 is 0 Å². The summed E-state index contributed by atoms with van der Waals surface area (Å²) in [5.41, 5.74) is 4.00. The first-order valence-corrected chi connectivity index (χ1v) is 11.0. The highest BCUT2D eigenvalue weighted by Gasteiger charge is 2.32. The molecule has 0 aliphatic heterocycles. The van der Waals surface area contributed by atoms with Crippen molar-refractivity contribution in [3.05, 3.63) is 82.0 Å². The number of thiazole rings is 1. The maximum atomic E-state index is 13.0. The number of imidazole rings is 1. The van der Waals surface area contributed by atoms with Crippen LogP contribution in [-0.4, -0.2) is 20.4 Å². The molecule has 5 rings (SSSR count). The van der Waals surface area contributed by atoms with E-state index in [0.29, 0.717) is 5.69 Å². The van der Waals surface area contributed by atoms with Gasteiger partial charge in [-0.2, -0.15) is 11.3 Å². The van der Waals surface area contributed by atoms with E-state index in [1.165, 1.54) is 22.5 Å². The number of thiophene rings is 1. The van der Waals surface area contributed by atoms with Gasteiger partial charge in [-0.15, -0.1) is 11.3 Å². The summed E-state index contributed by atoms with van der Waals surface area (Å²) in [5.74, 6) is -0.135. The van der Waals surface area contributed by atoms with Crippen molar-refractivity contribution in [1.82, 2.24) is 19.9 Å². The lowest BCUT2D eigenvalue weighted by Crippen LogP contribution is -2.37. The number of carbonyl (C=O) groups excluding carboxylic acids is 1. The molecule has 1 aliphatic carbocycles. The molecular weight excluding hydrogens is 388 g/mol. The summed E-state index contributed by atoms with van der Waals surface area (Å²) < 4.78 is 2.10. The molecule has 7 heteroatoms. The molecule has 5 nitrogen and oxygen atoms in total. The van der Waals surface area contributed by atoms with Crippen LogP contribution in [0, 0.1) is 0 Å². The number of hydrogen-bond donors (Lipinski definition) is 1. The Hall–Kier alpha value is -2.77. The highest BCUT2D eigenvalue weighted by atomic mass is 32.1. The van der Waals surface area contributed by atoms with Crippen LogP contribution >= 0.6 is 22.7 Å². The van der Waals surface area contributed by atoms with Crippen molar-refractivity contribution in [2.75, 3.05) is 0 Å². The SMILES string of the molecule is O=C(N[C@@H]1c2ccccc2CC[C@H]1n1ccnc1)c1csc(-c2ccsc2)n1. The van der Waals surface area contributed by atoms with Crippen LogP contribution in [0.4, 0.5) is 0 Å². The first-order chi connectivity index (χ1) is 13.8. The van der Waals surface area contributed by atoms with Crippen molar-refractivity contribution in [2.45, 2.75) is 24.9 Å². The third-order valence-corrected chi connectivity index (χ3v) is 6.76. The van der Waals surface area contributed by atoms with E-state index in [9.17, 15) is 4.79 Å². The fraction of sp³-hybridized carbons (Fsp3) is 0.190. The van der Waals surface area contributed by atoms with Crippen LogP contribution in [-0.2, 0) is 6.42 Å². The van der Waals surface area contributed by atoms with Gasteiger partial charge < -0.3 is 9.88 Å². The molecule has 1 N–H and O–H groups in total. The van der Waals surface area contributed by atoms with Crippen LogP contribution in [0.3, 0.4) is 0 Å². The lowest BCUT2D eigenvalue weighted by molar-refractivity contribution is 0.0913. The van der Waals surface area contributed by atoms with Crippen molar-refractivity contribution in [3.8, 4) is 10.6 Å². The maximum absolute atomic E-state index is 13.0. The number of nitrogens with zero attached hydrogens (tertiary/aromatic N) is 3. The quantitative estimate of drug-likeness (QED) is 0.533. The second-order valence-electron chi connectivity index (χ2n) is 6.82. The zero-order valence-corrected chi connectivity index (χ0v) is 16.6. The van der Waals surface area contributed by atoms with Gasteiger partial charge in [-0.3, -0.25) is 4.79 Å². The number of nitrogens with one attached hydrogen (secondary N) is 1. The summed E-state index contributed by atoms with van der Waals surface area (Å²) in [4.78, 5) is 21.8. The van der Waals surface area contributed by atoms with Gasteiger partial charge in [-0.05, 0) is 35.4 Å². The molecule has 3 heterocycles. The Kier molecular flexibility index (Phi) is 4.54. The molecule has 0 bridgehead atoms. The molecule has 0 saturated heterocycles. The van der Waals surface area contributed by atoms with Gasteiger partial charge in [0.05, 0.1) is 18.4 Å². The van der Waals surface area contributed by atoms with Crippen LogP contribution in [0.1, 0.15) is 40.1 Å². The van der Waals surface area contributed by atoms with Crippen LogP contribution in [0.25, 0.3) is 10.6 Å². The fourth-order valence-corrected chi connectivity index (χ4v) is 5.33. The average molecular weight is 407 g/mol. The number of aromatic nitrogens is 3. The van der Waals surface area contributed by atoms with Gasteiger partial charge in [0.25, 0.3) is 5.91 Å². The number of fused-ring (bicyclic) bond motifs is 1. The summed E-state index contributed by atoms with van der Waals surface area (Å²) >= 11 is 3.13. The second kappa shape index (κ2) is 7.33. The van der Waals surface area contributed by atoms with E-state index in [-0.39, 0.29) is 18.0 Å². The number of carbonyl (C=O) groups is 1. The zero-order valence-electron chi connectivity index (χ0n) is 15.0. The first kappa shape index (κ1) is 17.3. The number of amides is 1. The smallest absolute Gasteiger partial charge is 0.271 e. The minimum Gasteiger partial charge on any atom is -0.342 e. The standard InChI is InChI=1S/C21H18N4OS2/c26-20(17-12-28-21(23-17)15-7-10-27-11-15)24-19-16-4-2-1-3-14(16)5-6-18(19)25-9-8-22-13-25/h1-4,7-13,18-19H,5-6H2,(H,24,26)/t18-,19-/m1/s1. The molecule has 1 aromatic carbocycles.